The van der Waals surface area contributed by atoms with E-state index in [-0.39, 0.29) is 0 Å². The third-order valence-corrected chi connectivity index (χ3v) is 7.93. The van der Waals surface area contributed by atoms with Crippen LogP contribution in [0.15, 0.2) is 0 Å². The molecule has 3 rings (SSSR count). The van der Waals surface area contributed by atoms with Gasteiger partial charge in [-0.05, 0) is 87.4 Å². The molecule has 3 aliphatic carbocycles. The molecule has 0 aromatic rings. The summed E-state index contributed by atoms with van der Waals surface area (Å²) in [6.45, 7) is 7.20. The van der Waals surface area contributed by atoms with Gasteiger partial charge in [0.25, 0.3) is 0 Å². The summed E-state index contributed by atoms with van der Waals surface area (Å²) in [6.07, 6.45) is 18.9. The maximum Gasteiger partial charge on any atom is 0.0228 e. The molecule has 0 N–H and O–H groups in total. The van der Waals surface area contributed by atoms with Gasteiger partial charge < -0.3 is 0 Å². The van der Waals surface area contributed by atoms with Gasteiger partial charge in [0.2, 0.25) is 0 Å². The predicted molar refractivity (Wildman–Crippen MR) is 109 cm³/mol. The average molecular weight is 343 g/mol. The van der Waals surface area contributed by atoms with Crippen molar-refractivity contribution in [2.24, 2.45) is 41.4 Å². The van der Waals surface area contributed by atoms with Gasteiger partial charge in [0, 0.05) is 11.8 Å². The van der Waals surface area contributed by atoms with Gasteiger partial charge >= 0.3 is 0 Å². The fourth-order valence-corrected chi connectivity index (χ4v) is 6.20. The molecular weight excluding hydrogens is 300 g/mol. The largest absolute Gasteiger partial charge is 0.0996 e. The highest BCUT2D eigenvalue weighted by Crippen LogP contribution is 2.42. The molecule has 0 heterocycles. The van der Waals surface area contributed by atoms with E-state index in [1.165, 1.54) is 83.5 Å². The van der Waals surface area contributed by atoms with Crippen LogP contribution in [-0.4, -0.2) is 0 Å². The molecule has 0 aromatic carbocycles. The zero-order chi connectivity index (χ0) is 17.6. The quantitative estimate of drug-likeness (QED) is 0.466. The minimum absolute atomic E-state index is 0.697. The van der Waals surface area contributed by atoms with Gasteiger partial charge in [0.15, 0.2) is 0 Å². The number of hydrogen-bond donors (Lipinski definition) is 0. The van der Waals surface area contributed by atoms with E-state index in [2.05, 4.69) is 32.6 Å². The van der Waals surface area contributed by atoms with E-state index in [1.54, 1.807) is 0 Å². The van der Waals surface area contributed by atoms with Crippen LogP contribution in [-0.2, 0) is 0 Å². The van der Waals surface area contributed by atoms with Crippen molar-refractivity contribution in [3.05, 3.63) is 0 Å². The molecule has 142 valence electrons. The molecule has 0 aliphatic heterocycles. The van der Waals surface area contributed by atoms with E-state index in [1.807, 2.05) is 0 Å². The summed E-state index contributed by atoms with van der Waals surface area (Å²) in [5, 5.41) is 0. The summed E-state index contributed by atoms with van der Waals surface area (Å²) in [5.41, 5.74) is 0. The Hall–Kier alpha value is -0.440. The summed E-state index contributed by atoms with van der Waals surface area (Å²) >= 11 is 0. The van der Waals surface area contributed by atoms with Crippen LogP contribution in [0, 0.1) is 53.3 Å². The van der Waals surface area contributed by atoms with Crippen molar-refractivity contribution in [3.63, 3.8) is 0 Å². The van der Waals surface area contributed by atoms with E-state index < -0.39 is 0 Å². The Bertz CT molecular complexity index is 436. The van der Waals surface area contributed by atoms with Crippen molar-refractivity contribution in [2.75, 3.05) is 0 Å². The van der Waals surface area contributed by atoms with Gasteiger partial charge in [0.05, 0.1) is 0 Å². The molecule has 0 spiro atoms. The van der Waals surface area contributed by atoms with Crippen molar-refractivity contribution in [2.45, 2.75) is 104 Å². The highest BCUT2D eigenvalue weighted by Gasteiger charge is 2.30. The molecule has 0 aromatic heterocycles. The monoisotopic (exact) mass is 342 g/mol. The summed E-state index contributed by atoms with van der Waals surface area (Å²) in [4.78, 5) is 0. The molecule has 0 nitrogen and oxygen atoms in total. The summed E-state index contributed by atoms with van der Waals surface area (Å²) in [5.74, 6) is 13.8. The van der Waals surface area contributed by atoms with Crippen molar-refractivity contribution in [3.8, 4) is 11.8 Å². The lowest BCUT2D eigenvalue weighted by Crippen LogP contribution is -2.25. The second-order valence-electron chi connectivity index (χ2n) is 9.97. The van der Waals surface area contributed by atoms with Gasteiger partial charge in [-0.3, -0.25) is 0 Å². The first-order valence-corrected chi connectivity index (χ1v) is 11.7. The molecule has 3 atom stereocenters. The SMILES string of the molecule is CCCC1CCC(C2CCC(C#CC3CCC(C)CC3C)CC2)CC1. The molecule has 0 amide bonds. The first-order valence-electron chi connectivity index (χ1n) is 11.7. The van der Waals surface area contributed by atoms with Crippen LogP contribution in [0.5, 0.6) is 0 Å². The smallest absolute Gasteiger partial charge is 0.0228 e. The normalized spacial score (nSPS) is 42.4. The second kappa shape index (κ2) is 9.48. The van der Waals surface area contributed by atoms with Crippen LogP contribution in [0.2, 0.25) is 0 Å². The second-order valence-corrected chi connectivity index (χ2v) is 9.97. The van der Waals surface area contributed by atoms with Crippen LogP contribution in [0.3, 0.4) is 0 Å². The fourth-order valence-electron chi connectivity index (χ4n) is 6.20. The van der Waals surface area contributed by atoms with Crippen molar-refractivity contribution < 1.29 is 0 Å². The molecule has 0 radical (unpaired) electrons. The highest BCUT2D eigenvalue weighted by atomic mass is 14.4. The van der Waals surface area contributed by atoms with Gasteiger partial charge in [-0.1, -0.05) is 58.3 Å². The molecule has 0 saturated heterocycles. The van der Waals surface area contributed by atoms with Gasteiger partial charge in [-0.2, -0.15) is 0 Å². The van der Waals surface area contributed by atoms with Gasteiger partial charge in [-0.25, -0.2) is 0 Å². The lowest BCUT2D eigenvalue weighted by atomic mass is 9.68. The molecule has 3 fully saturated rings. The molecule has 25 heavy (non-hydrogen) atoms. The minimum Gasteiger partial charge on any atom is -0.0996 e. The first kappa shape index (κ1) is 19.3. The third kappa shape index (κ3) is 5.52. The Balaban J connectivity index is 1.40. The Kier molecular flexibility index (Phi) is 7.33. The molecule has 3 aliphatic rings. The highest BCUT2D eigenvalue weighted by molar-refractivity contribution is 5.10. The number of hydrogen-bond acceptors (Lipinski definition) is 0. The Morgan fingerprint density at radius 3 is 1.96 bits per heavy atom. The van der Waals surface area contributed by atoms with Gasteiger partial charge in [0.1, 0.15) is 0 Å². The van der Waals surface area contributed by atoms with Crippen LogP contribution < -0.4 is 0 Å². The van der Waals surface area contributed by atoms with E-state index in [9.17, 15) is 0 Å². The number of rotatable bonds is 3. The average Bonchev–Trinajstić information content (AvgIpc) is 2.62. The van der Waals surface area contributed by atoms with Crippen LogP contribution >= 0.6 is 0 Å². The van der Waals surface area contributed by atoms with Crippen LogP contribution in [0.4, 0.5) is 0 Å². The van der Waals surface area contributed by atoms with Crippen LogP contribution in [0.25, 0.3) is 0 Å². The fraction of sp³-hybridized carbons (Fsp3) is 0.920. The molecule has 0 heteroatoms. The third-order valence-electron chi connectivity index (χ3n) is 7.93. The summed E-state index contributed by atoms with van der Waals surface area (Å²) in [6, 6.07) is 0. The van der Waals surface area contributed by atoms with E-state index in [0.717, 1.165) is 35.5 Å². The lowest BCUT2D eigenvalue weighted by Gasteiger charge is -2.37. The van der Waals surface area contributed by atoms with Crippen LogP contribution in [0.1, 0.15) is 104 Å². The van der Waals surface area contributed by atoms with Crippen molar-refractivity contribution in [1.82, 2.24) is 0 Å². The van der Waals surface area contributed by atoms with Gasteiger partial charge in [-0.15, -0.1) is 0 Å². The predicted octanol–water partition coefficient (Wildman–Crippen LogP) is 7.48. The molecular formula is C25H42. The first-order chi connectivity index (χ1) is 12.2. The van der Waals surface area contributed by atoms with Crippen molar-refractivity contribution in [1.29, 1.82) is 0 Å². The van der Waals surface area contributed by atoms with E-state index in [0.29, 0.717) is 5.92 Å². The maximum atomic E-state index is 3.73. The Morgan fingerprint density at radius 1 is 0.720 bits per heavy atom. The zero-order valence-corrected chi connectivity index (χ0v) is 17.2. The Morgan fingerprint density at radius 2 is 1.36 bits per heavy atom. The molecule has 0 bridgehead atoms. The minimum atomic E-state index is 0.697. The topological polar surface area (TPSA) is 0 Å². The summed E-state index contributed by atoms with van der Waals surface area (Å²) in [7, 11) is 0. The molecule has 3 unspecified atom stereocenters. The standard InChI is InChI=1S/C25H42/c1-4-5-21-8-14-24(15-9-21)25-16-10-22(11-17-25)7-13-23-12-6-19(2)18-20(23)3/h19-25H,4-6,8-12,14-18H2,1-3H3. The maximum absolute atomic E-state index is 3.73. The molecule has 3 saturated carbocycles. The Labute approximate surface area is 157 Å². The zero-order valence-electron chi connectivity index (χ0n) is 17.2. The van der Waals surface area contributed by atoms with Crippen molar-refractivity contribution >= 4 is 0 Å². The lowest BCUT2D eigenvalue weighted by molar-refractivity contribution is 0.153. The van der Waals surface area contributed by atoms with E-state index in [4.69, 9.17) is 0 Å². The summed E-state index contributed by atoms with van der Waals surface area (Å²) < 4.78 is 0. The van der Waals surface area contributed by atoms with E-state index >= 15 is 0 Å².